The van der Waals surface area contributed by atoms with Gasteiger partial charge in [-0.15, -0.1) is 0 Å². The van der Waals surface area contributed by atoms with Crippen molar-refractivity contribution in [1.29, 1.82) is 0 Å². The molecule has 0 aliphatic carbocycles. The molecule has 0 aliphatic rings. The molecule has 1 amide bonds. The standard InChI is InChI=1S/C9H10ClN3O4/c1-4(14)7(9(16)17)13-8(15)5-2-12-6(10)3-11-5/h2-4,7,14H,1H3,(H,13,15)(H,16,17). The lowest BCUT2D eigenvalue weighted by molar-refractivity contribution is -0.141. The van der Waals surface area contributed by atoms with Crippen molar-refractivity contribution in [1.82, 2.24) is 15.3 Å². The van der Waals surface area contributed by atoms with E-state index in [1.54, 1.807) is 0 Å². The molecule has 0 saturated heterocycles. The van der Waals surface area contributed by atoms with Gasteiger partial charge in [0, 0.05) is 0 Å². The van der Waals surface area contributed by atoms with E-state index in [-0.39, 0.29) is 10.8 Å². The van der Waals surface area contributed by atoms with E-state index in [4.69, 9.17) is 21.8 Å². The van der Waals surface area contributed by atoms with Gasteiger partial charge in [0.25, 0.3) is 5.91 Å². The maximum Gasteiger partial charge on any atom is 0.328 e. The Morgan fingerprint density at radius 1 is 1.41 bits per heavy atom. The van der Waals surface area contributed by atoms with E-state index < -0.39 is 24.0 Å². The third kappa shape index (κ3) is 3.65. The topological polar surface area (TPSA) is 112 Å². The molecule has 1 heterocycles. The molecule has 0 fully saturated rings. The summed E-state index contributed by atoms with van der Waals surface area (Å²) in [5.74, 6) is -2.09. The van der Waals surface area contributed by atoms with Crippen LogP contribution in [0.15, 0.2) is 12.4 Å². The van der Waals surface area contributed by atoms with Crippen molar-refractivity contribution in [2.24, 2.45) is 0 Å². The summed E-state index contributed by atoms with van der Waals surface area (Å²) in [4.78, 5) is 29.6. The van der Waals surface area contributed by atoms with Crippen LogP contribution in [0, 0.1) is 0 Å². The Morgan fingerprint density at radius 3 is 2.47 bits per heavy atom. The van der Waals surface area contributed by atoms with Crippen molar-refractivity contribution in [3.63, 3.8) is 0 Å². The predicted octanol–water partition coefficient (Wildman–Crippen LogP) is -0.306. The largest absolute Gasteiger partial charge is 0.480 e. The van der Waals surface area contributed by atoms with E-state index in [2.05, 4.69) is 15.3 Å². The molecular weight excluding hydrogens is 250 g/mol. The average Bonchev–Trinajstić information content (AvgIpc) is 2.25. The van der Waals surface area contributed by atoms with E-state index in [1.807, 2.05) is 0 Å². The first-order valence-corrected chi connectivity index (χ1v) is 4.99. The van der Waals surface area contributed by atoms with Gasteiger partial charge in [-0.1, -0.05) is 11.6 Å². The Morgan fingerprint density at radius 2 is 2.06 bits per heavy atom. The minimum Gasteiger partial charge on any atom is -0.480 e. The van der Waals surface area contributed by atoms with E-state index in [0.717, 1.165) is 12.4 Å². The van der Waals surface area contributed by atoms with Crippen LogP contribution >= 0.6 is 11.6 Å². The number of hydrogen-bond acceptors (Lipinski definition) is 5. The lowest BCUT2D eigenvalue weighted by Crippen LogP contribution is -2.47. The maximum atomic E-state index is 11.5. The number of aromatic nitrogens is 2. The van der Waals surface area contributed by atoms with E-state index in [1.165, 1.54) is 6.92 Å². The van der Waals surface area contributed by atoms with Crippen LogP contribution in [0.25, 0.3) is 0 Å². The predicted molar refractivity (Wildman–Crippen MR) is 57.6 cm³/mol. The van der Waals surface area contributed by atoms with Gasteiger partial charge in [0.15, 0.2) is 6.04 Å². The second-order valence-corrected chi connectivity index (χ2v) is 3.64. The van der Waals surface area contributed by atoms with Crippen LogP contribution in [0.1, 0.15) is 17.4 Å². The lowest BCUT2D eigenvalue weighted by atomic mass is 10.2. The minimum absolute atomic E-state index is 0.0821. The second-order valence-electron chi connectivity index (χ2n) is 3.25. The molecule has 92 valence electrons. The number of nitrogens with one attached hydrogen (secondary N) is 1. The Kier molecular flexibility index (Phi) is 4.36. The first kappa shape index (κ1) is 13.3. The molecule has 0 aliphatic heterocycles. The van der Waals surface area contributed by atoms with Gasteiger partial charge in [-0.05, 0) is 6.92 Å². The summed E-state index contributed by atoms with van der Waals surface area (Å²) in [7, 11) is 0. The van der Waals surface area contributed by atoms with Crippen LogP contribution in [-0.2, 0) is 4.79 Å². The molecule has 0 aromatic carbocycles. The van der Waals surface area contributed by atoms with Gasteiger partial charge in [0.1, 0.15) is 10.8 Å². The van der Waals surface area contributed by atoms with Crippen LogP contribution in [0.2, 0.25) is 5.15 Å². The molecule has 2 atom stereocenters. The number of amides is 1. The molecule has 3 N–H and O–H groups in total. The van der Waals surface area contributed by atoms with Crippen molar-refractivity contribution < 1.29 is 19.8 Å². The number of halogens is 1. The zero-order valence-electron chi connectivity index (χ0n) is 8.79. The molecule has 1 aromatic rings. The number of carboxylic acids is 1. The molecular formula is C9H10ClN3O4. The van der Waals surface area contributed by atoms with E-state index in [9.17, 15) is 9.59 Å². The number of carbonyl (C=O) groups excluding carboxylic acids is 1. The highest BCUT2D eigenvalue weighted by molar-refractivity contribution is 6.29. The molecule has 1 rings (SSSR count). The summed E-state index contributed by atoms with van der Waals surface area (Å²) in [5.41, 5.74) is -0.0821. The number of carboxylic acid groups (broad SMARTS) is 1. The SMILES string of the molecule is CC(O)C(NC(=O)c1cnc(Cl)cn1)C(=O)O. The van der Waals surface area contributed by atoms with Crippen molar-refractivity contribution in [3.05, 3.63) is 23.2 Å². The second kappa shape index (κ2) is 5.55. The van der Waals surface area contributed by atoms with Gasteiger partial charge in [-0.2, -0.15) is 0 Å². The van der Waals surface area contributed by atoms with Gasteiger partial charge in [0.2, 0.25) is 0 Å². The number of rotatable bonds is 4. The highest BCUT2D eigenvalue weighted by atomic mass is 35.5. The third-order valence-corrected chi connectivity index (χ3v) is 2.08. The summed E-state index contributed by atoms with van der Waals surface area (Å²) in [6.07, 6.45) is 1.05. The van der Waals surface area contributed by atoms with Crippen LogP contribution in [-0.4, -0.2) is 44.2 Å². The molecule has 0 spiro atoms. The fraction of sp³-hybridized carbons (Fsp3) is 0.333. The van der Waals surface area contributed by atoms with Gasteiger partial charge < -0.3 is 15.5 Å². The van der Waals surface area contributed by atoms with Crippen LogP contribution in [0.5, 0.6) is 0 Å². The molecule has 2 unspecified atom stereocenters. The quantitative estimate of drug-likeness (QED) is 0.684. The van der Waals surface area contributed by atoms with Crippen LogP contribution in [0.4, 0.5) is 0 Å². The maximum absolute atomic E-state index is 11.5. The third-order valence-electron chi connectivity index (χ3n) is 1.89. The normalized spacial score (nSPS) is 13.8. The Hall–Kier alpha value is -1.73. The van der Waals surface area contributed by atoms with Crippen molar-refractivity contribution in [2.45, 2.75) is 19.1 Å². The van der Waals surface area contributed by atoms with Gasteiger partial charge >= 0.3 is 5.97 Å². The summed E-state index contributed by atoms with van der Waals surface area (Å²) < 4.78 is 0. The number of aliphatic hydroxyl groups excluding tert-OH is 1. The number of aliphatic carboxylic acids is 1. The lowest BCUT2D eigenvalue weighted by Gasteiger charge is -2.16. The first-order chi connectivity index (χ1) is 7.91. The molecule has 17 heavy (non-hydrogen) atoms. The zero-order valence-corrected chi connectivity index (χ0v) is 9.55. The van der Waals surface area contributed by atoms with Gasteiger partial charge in [-0.3, -0.25) is 4.79 Å². The molecule has 1 aromatic heterocycles. The number of nitrogens with zero attached hydrogens (tertiary/aromatic N) is 2. The molecule has 0 radical (unpaired) electrons. The van der Waals surface area contributed by atoms with Gasteiger partial charge in [-0.25, -0.2) is 14.8 Å². The Bertz CT molecular complexity index is 421. The molecule has 7 nitrogen and oxygen atoms in total. The summed E-state index contributed by atoms with van der Waals surface area (Å²) in [6, 6.07) is -1.40. The smallest absolute Gasteiger partial charge is 0.328 e. The number of hydrogen-bond donors (Lipinski definition) is 3. The summed E-state index contributed by atoms with van der Waals surface area (Å²) in [5, 5.41) is 20.2. The van der Waals surface area contributed by atoms with Crippen LogP contribution in [0.3, 0.4) is 0 Å². The number of carbonyl (C=O) groups is 2. The number of aliphatic hydroxyl groups is 1. The van der Waals surface area contributed by atoms with E-state index >= 15 is 0 Å². The highest BCUT2D eigenvalue weighted by Crippen LogP contribution is 2.02. The van der Waals surface area contributed by atoms with Crippen molar-refractivity contribution in [3.8, 4) is 0 Å². The minimum atomic E-state index is -1.40. The highest BCUT2D eigenvalue weighted by Gasteiger charge is 2.25. The monoisotopic (exact) mass is 259 g/mol. The zero-order chi connectivity index (χ0) is 13.0. The summed E-state index contributed by atoms with van der Waals surface area (Å²) >= 11 is 5.48. The van der Waals surface area contributed by atoms with Crippen molar-refractivity contribution in [2.75, 3.05) is 0 Å². The fourth-order valence-corrected chi connectivity index (χ4v) is 1.13. The Labute approximate surface area is 101 Å². The fourth-order valence-electron chi connectivity index (χ4n) is 1.03. The van der Waals surface area contributed by atoms with Crippen LogP contribution < -0.4 is 5.32 Å². The van der Waals surface area contributed by atoms with Gasteiger partial charge in [0.05, 0.1) is 18.5 Å². The molecule has 0 bridgehead atoms. The average molecular weight is 260 g/mol. The Balaban J connectivity index is 2.77. The van der Waals surface area contributed by atoms with E-state index in [0.29, 0.717) is 0 Å². The molecule has 0 saturated carbocycles. The van der Waals surface area contributed by atoms with Crippen molar-refractivity contribution >= 4 is 23.5 Å². The first-order valence-electron chi connectivity index (χ1n) is 4.61. The molecule has 8 heteroatoms. The summed E-state index contributed by atoms with van der Waals surface area (Å²) in [6.45, 7) is 1.26.